The minimum Gasteiger partial charge on any atom is -0.455 e. The third-order valence-corrected chi connectivity index (χ3v) is 31.3. The molecule has 21 aromatic carbocycles. The summed E-state index contributed by atoms with van der Waals surface area (Å²) in [7, 11) is 0. The first-order valence-corrected chi connectivity index (χ1v) is 48.2. The highest BCUT2D eigenvalue weighted by atomic mass is 32.1. The van der Waals surface area contributed by atoms with Crippen molar-refractivity contribution in [1.29, 1.82) is 0 Å². The Labute approximate surface area is 785 Å². The lowest BCUT2D eigenvalue weighted by molar-refractivity contribution is 0.669. The van der Waals surface area contributed by atoms with Crippen LogP contribution < -0.4 is 0 Å². The molecule has 0 atom stereocenters. The van der Waals surface area contributed by atoms with Crippen LogP contribution >= 0.6 is 34.0 Å². The van der Waals surface area contributed by atoms with Crippen molar-refractivity contribution >= 4 is 226 Å². The summed E-state index contributed by atoms with van der Waals surface area (Å²) in [4.78, 5) is 0. The van der Waals surface area contributed by atoms with Crippen LogP contribution in [0.5, 0.6) is 0 Å². The van der Waals surface area contributed by atoms with Gasteiger partial charge in [0.1, 0.15) is 33.5 Å². The van der Waals surface area contributed by atoms with Crippen LogP contribution in [0.25, 0.3) is 276 Å². The predicted molar refractivity (Wildman–Crippen MR) is 575 cm³/mol. The smallest absolute Gasteiger partial charge is 0.143 e. The second kappa shape index (κ2) is 30.9. The van der Waals surface area contributed by atoms with E-state index in [0.29, 0.717) is 0 Å². The summed E-state index contributed by atoms with van der Waals surface area (Å²) in [5, 5.41) is 22.2. The summed E-state index contributed by atoms with van der Waals surface area (Å²) in [6, 6.07) is 164. The Bertz CT molecular complexity index is 9960. The summed E-state index contributed by atoms with van der Waals surface area (Å²) in [5.74, 6) is 0. The van der Waals surface area contributed by atoms with Gasteiger partial charge in [0, 0.05) is 176 Å². The molecule has 30 aromatic rings. The number of para-hydroxylation sites is 9. The average Bonchev–Trinajstić information content (AvgIpc) is 1.58. The van der Waals surface area contributed by atoms with Gasteiger partial charge in [-0.05, 0) is 161 Å². The number of nitrogens with zero attached hydrogens (tertiary/aromatic N) is 3. The van der Waals surface area contributed by atoms with Gasteiger partial charge in [0.25, 0.3) is 0 Å². The zero-order valence-electron chi connectivity index (χ0n) is 72.6. The van der Waals surface area contributed by atoms with Crippen LogP contribution in [0, 0.1) is 0 Å². The Morgan fingerprint density at radius 3 is 0.711 bits per heavy atom. The molecule has 135 heavy (non-hydrogen) atoms. The van der Waals surface area contributed by atoms with Gasteiger partial charge >= 0.3 is 0 Å². The quantitative estimate of drug-likeness (QED) is 0.145. The molecular formula is C126H75N3O3S3. The number of rotatable bonds is 9. The topological polar surface area (TPSA) is 54.2 Å². The fourth-order valence-electron chi connectivity index (χ4n) is 21.5. The molecule has 0 amide bonds. The standard InChI is InChI=1S/C48H29NOS.C42H25NOS.C36H21NOS/c1-3-11-30(12-4-1)32-21-24-43-40(27-32)41-28-33(31-13-5-2-6-14-31)22-25-44(41)49(43)34-23-26-46-42(29-34)39-19-10-18-38(48(39)51-46)37-17-9-16-36-35-15-7-8-20-45(35)50-47(36)37;1-2-10-26(11-3-1)27-20-22-38-35(24-27)29-12-4-6-18-37(29)43(38)28-21-23-40-36(25-28)34-17-9-16-33(42(34)45-40)32-15-8-14-31-30-13-5-7-19-39(30)44-41(31)32;1-4-16-31-23(9-1)24-10-2-5-17-32(24)37(31)22-19-20-34-30(21-22)29-15-8-14-28(36(29)39-34)27-13-7-12-26-25-11-3-6-18-33(25)38-35(26)27/h1-29H;1-25H;1-21H. The van der Waals surface area contributed by atoms with E-state index in [4.69, 9.17) is 13.3 Å². The first kappa shape index (κ1) is 76.9. The number of hydrogen-bond donors (Lipinski definition) is 0. The van der Waals surface area contributed by atoms with Gasteiger partial charge in [-0.25, -0.2) is 0 Å². The molecule has 0 radical (unpaired) electrons. The molecule has 9 aromatic heterocycles. The number of furan rings is 3. The fraction of sp³-hybridized carbons (Fsp3) is 0. The molecule has 0 aliphatic rings. The van der Waals surface area contributed by atoms with Crippen molar-refractivity contribution in [2.24, 2.45) is 0 Å². The van der Waals surface area contributed by atoms with Crippen molar-refractivity contribution in [3.63, 3.8) is 0 Å². The van der Waals surface area contributed by atoms with Crippen LogP contribution in [-0.4, -0.2) is 13.7 Å². The molecule has 0 unspecified atom stereocenters. The van der Waals surface area contributed by atoms with E-state index < -0.39 is 0 Å². The first-order chi connectivity index (χ1) is 66.9. The van der Waals surface area contributed by atoms with Crippen molar-refractivity contribution < 1.29 is 13.3 Å². The van der Waals surface area contributed by atoms with Crippen LogP contribution in [0.4, 0.5) is 0 Å². The van der Waals surface area contributed by atoms with Gasteiger partial charge in [0.2, 0.25) is 0 Å². The lowest BCUT2D eigenvalue weighted by Crippen LogP contribution is -1.93. The van der Waals surface area contributed by atoms with Crippen LogP contribution in [0.15, 0.2) is 468 Å². The fourth-order valence-corrected chi connectivity index (χ4v) is 25.1. The minimum absolute atomic E-state index is 0.922. The predicted octanol–water partition coefficient (Wildman–Crippen LogP) is 37.2. The van der Waals surface area contributed by atoms with Gasteiger partial charge in [-0.3, -0.25) is 0 Å². The molecule has 0 spiro atoms. The number of thiophene rings is 3. The normalized spacial score (nSPS) is 12.0. The zero-order chi connectivity index (χ0) is 88.5. The van der Waals surface area contributed by atoms with E-state index >= 15 is 0 Å². The van der Waals surface area contributed by atoms with Gasteiger partial charge in [0.05, 0.1) is 33.1 Å². The third kappa shape index (κ3) is 12.3. The van der Waals surface area contributed by atoms with E-state index in [0.717, 1.165) is 88.2 Å². The number of hydrogen-bond acceptors (Lipinski definition) is 6. The van der Waals surface area contributed by atoms with E-state index in [1.165, 1.54) is 187 Å². The Balaban J connectivity index is 0.000000101. The zero-order valence-corrected chi connectivity index (χ0v) is 75.0. The van der Waals surface area contributed by atoms with Crippen LogP contribution in [0.1, 0.15) is 0 Å². The second-order valence-corrected chi connectivity index (χ2v) is 38.2. The van der Waals surface area contributed by atoms with Crippen LogP contribution in [0.3, 0.4) is 0 Å². The van der Waals surface area contributed by atoms with Crippen molar-refractivity contribution in [1.82, 2.24) is 13.7 Å². The minimum atomic E-state index is 0.922. The Morgan fingerprint density at radius 2 is 0.393 bits per heavy atom. The monoisotopic (exact) mass is 1770 g/mol. The highest BCUT2D eigenvalue weighted by molar-refractivity contribution is 7.27. The maximum absolute atomic E-state index is 6.49. The summed E-state index contributed by atoms with van der Waals surface area (Å²) in [6.45, 7) is 0. The number of benzene rings is 21. The average molecular weight is 1780 g/mol. The van der Waals surface area contributed by atoms with Crippen LogP contribution in [-0.2, 0) is 0 Å². The third-order valence-electron chi connectivity index (χ3n) is 27.6. The highest BCUT2D eigenvalue weighted by Crippen LogP contribution is 2.51. The molecule has 0 saturated carbocycles. The molecule has 9 heterocycles. The Kier molecular flexibility index (Phi) is 17.6. The maximum Gasteiger partial charge on any atom is 0.143 e. The van der Waals surface area contributed by atoms with E-state index in [-0.39, 0.29) is 0 Å². The van der Waals surface area contributed by atoms with Gasteiger partial charge in [-0.15, -0.1) is 34.0 Å². The van der Waals surface area contributed by atoms with E-state index in [9.17, 15) is 0 Å². The van der Waals surface area contributed by atoms with Crippen molar-refractivity contribution in [2.45, 2.75) is 0 Å². The molecule has 6 nitrogen and oxygen atoms in total. The van der Waals surface area contributed by atoms with E-state index in [2.05, 4.69) is 450 Å². The molecular weight excluding hydrogens is 1700 g/mol. The van der Waals surface area contributed by atoms with Gasteiger partial charge in [-0.2, -0.15) is 0 Å². The maximum atomic E-state index is 6.49. The van der Waals surface area contributed by atoms with E-state index in [1.54, 1.807) is 0 Å². The molecule has 30 rings (SSSR count). The van der Waals surface area contributed by atoms with Crippen molar-refractivity contribution in [3.05, 3.63) is 455 Å². The summed E-state index contributed by atoms with van der Waals surface area (Å²) < 4.78 is 34.3. The lowest BCUT2D eigenvalue weighted by atomic mass is 10.00. The Hall–Kier alpha value is -16.9. The largest absolute Gasteiger partial charge is 0.455 e. The second-order valence-electron chi connectivity index (χ2n) is 35.1. The van der Waals surface area contributed by atoms with Gasteiger partial charge < -0.3 is 27.0 Å². The molecule has 0 aliphatic heterocycles. The molecule has 9 heteroatoms. The van der Waals surface area contributed by atoms with Gasteiger partial charge in [0.15, 0.2) is 0 Å². The van der Waals surface area contributed by atoms with Gasteiger partial charge in [-0.1, -0.05) is 328 Å². The van der Waals surface area contributed by atoms with E-state index in [1.807, 2.05) is 52.2 Å². The van der Waals surface area contributed by atoms with Crippen molar-refractivity contribution in [2.75, 3.05) is 0 Å². The molecule has 0 N–H and O–H groups in total. The lowest BCUT2D eigenvalue weighted by Gasteiger charge is -2.09. The summed E-state index contributed by atoms with van der Waals surface area (Å²) in [5.41, 5.74) is 30.8. The molecule has 0 fully saturated rings. The Morgan fingerprint density at radius 1 is 0.148 bits per heavy atom. The SMILES string of the molecule is c1ccc(-c2ccc3c(c2)c2cc(-c4ccccc4)ccc2n3-c2ccc3sc4c(-c5cccc6c5oc5ccccc56)cccc4c3c2)cc1.c1ccc(-c2ccc3c(c2)c2ccccc2n3-c2ccc3sc4c(-c5cccc6c5oc5ccccc56)cccc4c3c2)cc1.c1ccc2c(c1)oc1c(-c3cccc4c3sc3ccc(-n5c6ccccc6c6ccccc65)cc34)cccc12. The summed E-state index contributed by atoms with van der Waals surface area (Å²) >= 11 is 5.58. The molecule has 630 valence electrons. The summed E-state index contributed by atoms with van der Waals surface area (Å²) in [6.07, 6.45) is 0. The van der Waals surface area contributed by atoms with Crippen LogP contribution in [0.2, 0.25) is 0 Å². The highest BCUT2D eigenvalue weighted by Gasteiger charge is 2.25. The number of aromatic nitrogens is 3. The molecule has 0 bridgehead atoms. The molecule has 0 aliphatic carbocycles. The first-order valence-electron chi connectivity index (χ1n) is 45.8. The molecule has 0 saturated heterocycles. The number of fused-ring (bicyclic) bond motifs is 27. The van der Waals surface area contributed by atoms with Crippen molar-refractivity contribution in [3.8, 4) is 83.8 Å².